The monoisotopic (exact) mass is 265 g/mol. The Labute approximate surface area is 112 Å². The molecule has 104 valence electrons. The highest BCUT2D eigenvalue weighted by Gasteiger charge is 2.07. The smallest absolute Gasteiger partial charge is 0.319 e. The Kier molecular flexibility index (Phi) is 5.81. The van der Waals surface area contributed by atoms with Gasteiger partial charge in [0.2, 0.25) is 0 Å². The lowest BCUT2D eigenvalue weighted by Crippen LogP contribution is -2.38. The average molecular weight is 265 g/mol. The number of hydrogen-bond acceptors (Lipinski definition) is 3. The van der Waals surface area contributed by atoms with Crippen LogP contribution in [-0.4, -0.2) is 38.7 Å². The highest BCUT2D eigenvalue weighted by molar-refractivity contribution is 5.95. The van der Waals surface area contributed by atoms with E-state index < -0.39 is 0 Å². The van der Waals surface area contributed by atoms with E-state index in [1.54, 1.807) is 38.4 Å². The minimum absolute atomic E-state index is 0.0739. The third-order valence-corrected chi connectivity index (χ3v) is 2.43. The molecule has 0 saturated heterocycles. The number of nitrogens with one attached hydrogen (secondary N) is 3. The number of ether oxygens (including phenoxy) is 1. The summed E-state index contributed by atoms with van der Waals surface area (Å²) in [6, 6.07) is 6.25. The lowest BCUT2D eigenvalue weighted by atomic mass is 10.2. The standard InChI is InChI=1S/C13H19N3O3/c1-9(8-19-3)15-13(18)16-11-6-4-10(5-7-11)12(17)14-2/h4-7,9H,8H2,1-3H3,(H,14,17)(H2,15,16,18). The number of benzene rings is 1. The molecular formula is C13H19N3O3. The van der Waals surface area contributed by atoms with Crippen LogP contribution in [0.3, 0.4) is 0 Å². The molecule has 0 aliphatic heterocycles. The van der Waals surface area contributed by atoms with E-state index in [0.29, 0.717) is 17.9 Å². The molecule has 1 aromatic rings. The molecule has 1 rings (SSSR count). The van der Waals surface area contributed by atoms with Crippen LogP contribution in [0.1, 0.15) is 17.3 Å². The first kappa shape index (κ1) is 15.0. The molecule has 1 atom stereocenters. The molecule has 3 N–H and O–H groups in total. The average Bonchev–Trinajstić information content (AvgIpc) is 2.38. The molecule has 0 radical (unpaired) electrons. The molecule has 0 bridgehead atoms. The second-order valence-electron chi connectivity index (χ2n) is 4.11. The number of hydrogen-bond donors (Lipinski definition) is 3. The van der Waals surface area contributed by atoms with Crippen LogP contribution < -0.4 is 16.0 Å². The van der Waals surface area contributed by atoms with Gasteiger partial charge in [0.1, 0.15) is 0 Å². The van der Waals surface area contributed by atoms with E-state index in [-0.39, 0.29) is 18.0 Å². The maximum absolute atomic E-state index is 11.6. The van der Waals surface area contributed by atoms with Gasteiger partial charge in [-0.15, -0.1) is 0 Å². The molecule has 6 heteroatoms. The SMILES string of the molecule is CNC(=O)c1ccc(NC(=O)NC(C)COC)cc1. The lowest BCUT2D eigenvalue weighted by molar-refractivity contribution is 0.0963. The van der Waals surface area contributed by atoms with E-state index in [4.69, 9.17) is 4.74 Å². The highest BCUT2D eigenvalue weighted by Crippen LogP contribution is 2.09. The summed E-state index contributed by atoms with van der Waals surface area (Å²) < 4.78 is 4.92. The fourth-order valence-electron chi connectivity index (χ4n) is 1.53. The number of rotatable bonds is 5. The summed E-state index contributed by atoms with van der Waals surface area (Å²) in [6.45, 7) is 2.29. The van der Waals surface area contributed by atoms with E-state index in [1.807, 2.05) is 6.92 Å². The van der Waals surface area contributed by atoms with Gasteiger partial charge in [0.05, 0.1) is 12.6 Å². The number of carbonyl (C=O) groups excluding carboxylic acids is 2. The Hall–Kier alpha value is -2.08. The second-order valence-corrected chi connectivity index (χ2v) is 4.11. The van der Waals surface area contributed by atoms with E-state index in [9.17, 15) is 9.59 Å². The van der Waals surface area contributed by atoms with Crippen molar-refractivity contribution in [2.75, 3.05) is 26.1 Å². The first-order chi connectivity index (χ1) is 9.06. The zero-order valence-electron chi connectivity index (χ0n) is 11.3. The third-order valence-electron chi connectivity index (χ3n) is 2.43. The summed E-state index contributed by atoms with van der Waals surface area (Å²) in [4.78, 5) is 23.0. The molecule has 1 unspecified atom stereocenters. The van der Waals surface area contributed by atoms with E-state index in [1.165, 1.54) is 0 Å². The third kappa shape index (κ3) is 4.97. The van der Waals surface area contributed by atoms with Crippen molar-refractivity contribution in [3.05, 3.63) is 29.8 Å². The summed E-state index contributed by atoms with van der Waals surface area (Å²) >= 11 is 0. The summed E-state index contributed by atoms with van der Waals surface area (Å²) in [5, 5.41) is 7.93. The van der Waals surface area contributed by atoms with Crippen molar-refractivity contribution in [2.24, 2.45) is 0 Å². The quantitative estimate of drug-likeness (QED) is 0.748. The number of anilines is 1. The summed E-state index contributed by atoms with van der Waals surface area (Å²) in [6.07, 6.45) is 0. The van der Waals surface area contributed by atoms with Gasteiger partial charge in [-0.2, -0.15) is 0 Å². The van der Waals surface area contributed by atoms with Crippen molar-refractivity contribution in [1.82, 2.24) is 10.6 Å². The molecule has 0 aliphatic carbocycles. The van der Waals surface area contributed by atoms with Crippen molar-refractivity contribution in [3.63, 3.8) is 0 Å². The second kappa shape index (κ2) is 7.38. The maximum Gasteiger partial charge on any atom is 0.319 e. The van der Waals surface area contributed by atoms with Gasteiger partial charge in [-0.05, 0) is 31.2 Å². The number of carbonyl (C=O) groups is 2. The zero-order valence-corrected chi connectivity index (χ0v) is 11.3. The van der Waals surface area contributed by atoms with Crippen molar-refractivity contribution < 1.29 is 14.3 Å². The van der Waals surface area contributed by atoms with Crippen molar-refractivity contribution >= 4 is 17.6 Å². The molecule has 0 spiro atoms. The van der Waals surface area contributed by atoms with Crippen LogP contribution in [0.15, 0.2) is 24.3 Å². The van der Waals surface area contributed by atoms with Crippen LogP contribution in [0.25, 0.3) is 0 Å². The molecule has 0 aliphatic rings. The number of methoxy groups -OCH3 is 1. The van der Waals surface area contributed by atoms with Crippen molar-refractivity contribution in [2.45, 2.75) is 13.0 Å². The van der Waals surface area contributed by atoms with Crippen LogP contribution in [0.4, 0.5) is 10.5 Å². The Morgan fingerprint density at radius 3 is 2.42 bits per heavy atom. The van der Waals surface area contributed by atoms with Gasteiger partial charge < -0.3 is 20.7 Å². The summed E-state index contributed by atoms with van der Waals surface area (Å²) in [5.74, 6) is -0.162. The Morgan fingerprint density at radius 1 is 1.26 bits per heavy atom. The molecule has 6 nitrogen and oxygen atoms in total. The molecule has 1 aromatic carbocycles. The molecule has 19 heavy (non-hydrogen) atoms. The fourth-order valence-corrected chi connectivity index (χ4v) is 1.53. The van der Waals surface area contributed by atoms with Crippen LogP contribution in [0.5, 0.6) is 0 Å². The largest absolute Gasteiger partial charge is 0.383 e. The minimum atomic E-state index is -0.308. The molecule has 3 amide bonds. The lowest BCUT2D eigenvalue weighted by Gasteiger charge is -2.13. The van der Waals surface area contributed by atoms with Crippen LogP contribution in [0, 0.1) is 0 Å². The van der Waals surface area contributed by atoms with Crippen molar-refractivity contribution in [1.29, 1.82) is 0 Å². The van der Waals surface area contributed by atoms with Crippen LogP contribution in [0.2, 0.25) is 0 Å². The van der Waals surface area contributed by atoms with Crippen LogP contribution in [-0.2, 0) is 4.74 Å². The van der Waals surface area contributed by atoms with E-state index >= 15 is 0 Å². The summed E-state index contributed by atoms with van der Waals surface area (Å²) in [5.41, 5.74) is 1.16. The molecule has 0 fully saturated rings. The highest BCUT2D eigenvalue weighted by atomic mass is 16.5. The first-order valence-electron chi connectivity index (χ1n) is 5.95. The fraction of sp³-hybridized carbons (Fsp3) is 0.385. The molecule has 0 heterocycles. The van der Waals surface area contributed by atoms with Gasteiger partial charge in [0.15, 0.2) is 0 Å². The van der Waals surface area contributed by atoms with Gasteiger partial charge >= 0.3 is 6.03 Å². The van der Waals surface area contributed by atoms with Gasteiger partial charge in [0, 0.05) is 25.4 Å². The van der Waals surface area contributed by atoms with Gasteiger partial charge in [0.25, 0.3) is 5.91 Å². The normalized spacial score (nSPS) is 11.5. The summed E-state index contributed by atoms with van der Waals surface area (Å²) in [7, 11) is 3.15. The molecule has 0 aromatic heterocycles. The van der Waals surface area contributed by atoms with E-state index in [2.05, 4.69) is 16.0 Å². The number of urea groups is 1. The predicted octanol–water partition coefficient (Wildman–Crippen LogP) is 1.20. The Bertz CT molecular complexity index is 431. The van der Waals surface area contributed by atoms with Gasteiger partial charge in [-0.1, -0.05) is 0 Å². The predicted molar refractivity (Wildman–Crippen MR) is 73.3 cm³/mol. The van der Waals surface area contributed by atoms with E-state index in [0.717, 1.165) is 0 Å². The maximum atomic E-state index is 11.6. The topological polar surface area (TPSA) is 79.5 Å². The van der Waals surface area contributed by atoms with Crippen LogP contribution >= 0.6 is 0 Å². The zero-order chi connectivity index (χ0) is 14.3. The van der Waals surface area contributed by atoms with Gasteiger partial charge in [-0.25, -0.2) is 4.79 Å². The molecule has 0 saturated carbocycles. The number of amides is 3. The van der Waals surface area contributed by atoms with Gasteiger partial charge in [-0.3, -0.25) is 4.79 Å². The Morgan fingerprint density at radius 2 is 1.89 bits per heavy atom. The first-order valence-corrected chi connectivity index (χ1v) is 5.95. The van der Waals surface area contributed by atoms with Crippen molar-refractivity contribution in [3.8, 4) is 0 Å². The Balaban J connectivity index is 2.53. The molecular weight excluding hydrogens is 246 g/mol. The minimum Gasteiger partial charge on any atom is -0.383 e.